The number of nitrogens with one attached hydrogen (secondary N) is 1. The molecule has 5 nitrogen and oxygen atoms in total. The fraction of sp³-hybridized carbons (Fsp3) is 0.500. The number of aliphatic hydroxyl groups excluding tert-OH is 1. The molecule has 2 N–H and O–H groups in total. The quantitative estimate of drug-likeness (QED) is 0.795. The van der Waals surface area contributed by atoms with Gasteiger partial charge in [-0.3, -0.25) is 4.79 Å². The molecular formula is C14H20FNO4. The molecule has 0 spiro atoms. The molecule has 0 aliphatic carbocycles. The van der Waals surface area contributed by atoms with E-state index >= 15 is 0 Å². The van der Waals surface area contributed by atoms with Crippen molar-refractivity contribution >= 4 is 5.91 Å². The van der Waals surface area contributed by atoms with E-state index in [1.807, 2.05) is 0 Å². The first-order valence-electron chi connectivity index (χ1n) is 6.32. The fourth-order valence-electron chi connectivity index (χ4n) is 1.65. The van der Waals surface area contributed by atoms with E-state index in [0.717, 1.165) is 0 Å². The molecule has 1 amide bonds. The van der Waals surface area contributed by atoms with Crippen molar-refractivity contribution in [3.8, 4) is 5.75 Å². The Morgan fingerprint density at radius 3 is 2.70 bits per heavy atom. The Hall–Kier alpha value is -1.66. The van der Waals surface area contributed by atoms with E-state index < -0.39 is 11.9 Å². The maximum atomic E-state index is 13.7. The number of amides is 1. The Bertz CT molecular complexity index is 451. The summed E-state index contributed by atoms with van der Waals surface area (Å²) in [5.74, 6) is -0.987. The molecule has 1 aromatic carbocycles. The van der Waals surface area contributed by atoms with Gasteiger partial charge in [0.15, 0.2) is 18.2 Å². The normalized spacial score (nSPS) is 13.7. The van der Waals surface area contributed by atoms with Crippen LogP contribution in [-0.2, 0) is 9.53 Å². The molecule has 0 aliphatic heterocycles. The van der Waals surface area contributed by atoms with Gasteiger partial charge in [0.2, 0.25) is 0 Å². The Kier molecular flexibility index (Phi) is 6.41. The molecule has 0 saturated heterocycles. The first-order chi connectivity index (χ1) is 9.43. The smallest absolute Gasteiger partial charge is 0.258 e. The van der Waals surface area contributed by atoms with Gasteiger partial charge < -0.3 is 19.9 Å². The van der Waals surface area contributed by atoms with Gasteiger partial charge in [-0.1, -0.05) is 6.07 Å². The molecule has 20 heavy (non-hydrogen) atoms. The largest absolute Gasteiger partial charge is 0.481 e. The van der Waals surface area contributed by atoms with Crippen molar-refractivity contribution in [2.75, 3.05) is 20.3 Å². The van der Waals surface area contributed by atoms with Gasteiger partial charge in [-0.2, -0.15) is 0 Å². The fourth-order valence-corrected chi connectivity index (χ4v) is 1.65. The third kappa shape index (κ3) is 5.14. The summed E-state index contributed by atoms with van der Waals surface area (Å²) in [6.07, 6.45) is -0.753. The summed E-state index contributed by atoms with van der Waals surface area (Å²) < 4.78 is 23.6. The minimum absolute atomic E-state index is 0.0241. The molecule has 0 heterocycles. The lowest BCUT2D eigenvalue weighted by atomic mass is 10.1. The van der Waals surface area contributed by atoms with Crippen LogP contribution < -0.4 is 10.1 Å². The second kappa shape index (κ2) is 7.81. The van der Waals surface area contributed by atoms with Crippen LogP contribution in [0.15, 0.2) is 18.2 Å². The number of hydrogen-bond acceptors (Lipinski definition) is 4. The van der Waals surface area contributed by atoms with E-state index in [1.54, 1.807) is 19.9 Å². The van der Waals surface area contributed by atoms with Gasteiger partial charge in [0, 0.05) is 13.2 Å². The van der Waals surface area contributed by atoms with Crippen LogP contribution in [0.1, 0.15) is 25.5 Å². The van der Waals surface area contributed by atoms with Crippen molar-refractivity contribution in [1.29, 1.82) is 0 Å². The highest BCUT2D eigenvalue weighted by molar-refractivity contribution is 5.77. The Labute approximate surface area is 117 Å². The number of carbonyl (C=O) groups excluding carboxylic acids is 1. The summed E-state index contributed by atoms with van der Waals surface area (Å²) in [5.41, 5.74) is 0.452. The van der Waals surface area contributed by atoms with Gasteiger partial charge in [-0.25, -0.2) is 4.39 Å². The van der Waals surface area contributed by atoms with Crippen molar-refractivity contribution in [1.82, 2.24) is 5.32 Å². The number of benzene rings is 1. The highest BCUT2D eigenvalue weighted by atomic mass is 19.1. The third-order valence-corrected chi connectivity index (χ3v) is 2.62. The summed E-state index contributed by atoms with van der Waals surface area (Å²) in [6.45, 7) is 3.45. The van der Waals surface area contributed by atoms with Crippen molar-refractivity contribution < 1.29 is 23.8 Å². The number of carbonyl (C=O) groups is 1. The third-order valence-electron chi connectivity index (χ3n) is 2.62. The van der Waals surface area contributed by atoms with Crippen LogP contribution in [0.3, 0.4) is 0 Å². The second-order valence-electron chi connectivity index (χ2n) is 4.58. The molecule has 6 heteroatoms. The summed E-state index contributed by atoms with van der Waals surface area (Å²) in [5, 5.41) is 12.0. The van der Waals surface area contributed by atoms with Gasteiger partial charge in [0.1, 0.15) is 0 Å². The lowest BCUT2D eigenvalue weighted by molar-refractivity contribution is -0.124. The van der Waals surface area contributed by atoms with Crippen LogP contribution in [0.4, 0.5) is 4.39 Å². The van der Waals surface area contributed by atoms with E-state index in [9.17, 15) is 14.3 Å². The summed E-state index contributed by atoms with van der Waals surface area (Å²) in [6, 6.07) is 3.99. The number of methoxy groups -OCH3 is 1. The minimum atomic E-state index is -0.753. The predicted octanol–water partition coefficient (Wildman–Crippen LogP) is 1.41. The number of halogens is 1. The molecule has 2 unspecified atom stereocenters. The zero-order chi connectivity index (χ0) is 15.1. The molecule has 0 saturated carbocycles. The molecule has 2 atom stereocenters. The average molecular weight is 285 g/mol. The maximum Gasteiger partial charge on any atom is 0.258 e. The van der Waals surface area contributed by atoms with E-state index in [0.29, 0.717) is 12.2 Å². The van der Waals surface area contributed by atoms with Crippen molar-refractivity contribution in [2.24, 2.45) is 0 Å². The van der Waals surface area contributed by atoms with Gasteiger partial charge in [0.25, 0.3) is 5.91 Å². The predicted molar refractivity (Wildman–Crippen MR) is 72.0 cm³/mol. The Morgan fingerprint density at radius 1 is 1.45 bits per heavy atom. The molecule has 0 aliphatic rings. The van der Waals surface area contributed by atoms with E-state index in [2.05, 4.69) is 5.32 Å². The lowest BCUT2D eigenvalue weighted by Crippen LogP contribution is -2.38. The maximum absolute atomic E-state index is 13.7. The van der Waals surface area contributed by atoms with Gasteiger partial charge in [-0.15, -0.1) is 0 Å². The highest BCUT2D eigenvalue weighted by Gasteiger charge is 2.11. The molecule has 1 aromatic rings. The summed E-state index contributed by atoms with van der Waals surface area (Å²) >= 11 is 0. The number of rotatable bonds is 7. The van der Waals surface area contributed by atoms with Crippen LogP contribution in [0.5, 0.6) is 5.75 Å². The van der Waals surface area contributed by atoms with Crippen LogP contribution in [0.2, 0.25) is 0 Å². The van der Waals surface area contributed by atoms with Gasteiger partial charge in [0.05, 0.1) is 12.7 Å². The van der Waals surface area contributed by atoms with Crippen LogP contribution in [-0.4, -0.2) is 37.4 Å². The van der Waals surface area contributed by atoms with Gasteiger partial charge in [-0.05, 0) is 31.5 Å². The zero-order valence-corrected chi connectivity index (χ0v) is 11.9. The molecule has 0 fully saturated rings. The van der Waals surface area contributed by atoms with E-state index in [1.165, 1.54) is 19.2 Å². The topological polar surface area (TPSA) is 67.8 Å². The number of ether oxygens (including phenoxy) is 2. The monoisotopic (exact) mass is 285 g/mol. The summed E-state index contributed by atoms with van der Waals surface area (Å²) in [7, 11) is 1.54. The average Bonchev–Trinajstić information content (AvgIpc) is 2.37. The summed E-state index contributed by atoms with van der Waals surface area (Å²) in [4.78, 5) is 11.5. The molecular weight excluding hydrogens is 265 g/mol. The first kappa shape index (κ1) is 16.4. The minimum Gasteiger partial charge on any atom is -0.481 e. The molecule has 0 radical (unpaired) electrons. The van der Waals surface area contributed by atoms with Crippen LogP contribution in [0, 0.1) is 5.82 Å². The highest BCUT2D eigenvalue weighted by Crippen LogP contribution is 2.21. The molecule has 0 aromatic heterocycles. The van der Waals surface area contributed by atoms with Crippen LogP contribution >= 0.6 is 0 Å². The molecule has 112 valence electrons. The molecule has 0 bridgehead atoms. The van der Waals surface area contributed by atoms with E-state index in [-0.39, 0.29) is 24.3 Å². The number of hydrogen-bond donors (Lipinski definition) is 2. The van der Waals surface area contributed by atoms with E-state index in [4.69, 9.17) is 9.47 Å². The van der Waals surface area contributed by atoms with Crippen molar-refractivity contribution in [2.45, 2.75) is 26.0 Å². The SMILES string of the molecule is COCC(C)NC(=O)COc1ccc(C(C)O)cc1F. The zero-order valence-electron chi connectivity index (χ0n) is 11.9. The second-order valence-corrected chi connectivity index (χ2v) is 4.58. The Balaban J connectivity index is 2.51. The molecule has 1 rings (SSSR count). The van der Waals surface area contributed by atoms with Crippen molar-refractivity contribution in [3.05, 3.63) is 29.6 Å². The van der Waals surface area contributed by atoms with Crippen molar-refractivity contribution in [3.63, 3.8) is 0 Å². The Morgan fingerprint density at radius 2 is 2.15 bits per heavy atom. The number of aliphatic hydroxyl groups is 1. The standard InChI is InChI=1S/C14H20FNO4/c1-9(7-19-3)16-14(18)8-20-13-5-4-11(10(2)17)6-12(13)15/h4-6,9-10,17H,7-8H2,1-3H3,(H,16,18). The van der Waals surface area contributed by atoms with Crippen LogP contribution in [0.25, 0.3) is 0 Å². The lowest BCUT2D eigenvalue weighted by Gasteiger charge is -2.14. The first-order valence-corrected chi connectivity index (χ1v) is 6.32. The van der Waals surface area contributed by atoms with Gasteiger partial charge >= 0.3 is 0 Å².